The first kappa shape index (κ1) is 16.6. The molecule has 4 nitrogen and oxygen atoms in total. The second kappa shape index (κ2) is 5.53. The summed E-state index contributed by atoms with van der Waals surface area (Å²) in [6, 6.07) is -1.75. The minimum atomic E-state index is -5.19. The lowest BCUT2D eigenvalue weighted by molar-refractivity contribution is -0.190. The quantitative estimate of drug-likeness (QED) is 0.814. The van der Waals surface area contributed by atoms with Crippen molar-refractivity contribution in [2.75, 3.05) is 7.05 Å². The van der Waals surface area contributed by atoms with Gasteiger partial charge in [-0.2, -0.15) is 13.2 Å². The highest BCUT2D eigenvalue weighted by molar-refractivity contribution is 5.87. The first-order chi connectivity index (χ1) is 8.96. The molecule has 0 heterocycles. The van der Waals surface area contributed by atoms with Crippen LogP contribution < -0.4 is 0 Å². The standard InChI is InChI=1S/C11H14F5NO3/c1-17(9(20)11(14,15)16)7(8(18)19)6-2-4-10(12,13)5-3-6/h6-7H,2-5H2,1H3,(H,18,19). The molecule has 0 bridgehead atoms. The Morgan fingerprint density at radius 3 is 2.05 bits per heavy atom. The summed E-state index contributed by atoms with van der Waals surface area (Å²) in [5, 5.41) is 8.99. The van der Waals surface area contributed by atoms with Crippen molar-refractivity contribution in [1.29, 1.82) is 0 Å². The highest BCUT2D eigenvalue weighted by Gasteiger charge is 2.48. The third kappa shape index (κ3) is 3.80. The number of rotatable bonds is 3. The zero-order valence-electron chi connectivity index (χ0n) is 10.6. The van der Waals surface area contributed by atoms with E-state index in [1.54, 1.807) is 0 Å². The van der Waals surface area contributed by atoms with E-state index in [1.807, 2.05) is 0 Å². The maximum atomic E-state index is 13.0. The van der Waals surface area contributed by atoms with Crippen molar-refractivity contribution < 1.29 is 36.6 Å². The monoisotopic (exact) mass is 303 g/mol. The minimum Gasteiger partial charge on any atom is -0.480 e. The lowest BCUT2D eigenvalue weighted by Gasteiger charge is -2.36. The molecule has 1 amide bonds. The summed E-state index contributed by atoms with van der Waals surface area (Å²) >= 11 is 0. The molecule has 1 fully saturated rings. The number of likely N-dealkylation sites (N-methyl/N-ethyl adjacent to an activating group) is 1. The number of nitrogens with zero attached hydrogens (tertiary/aromatic N) is 1. The van der Waals surface area contributed by atoms with Crippen LogP contribution in [0.15, 0.2) is 0 Å². The minimum absolute atomic E-state index is 0.0798. The molecule has 1 atom stereocenters. The molecular formula is C11H14F5NO3. The molecule has 1 unspecified atom stereocenters. The Morgan fingerprint density at radius 2 is 1.70 bits per heavy atom. The molecule has 1 N–H and O–H groups in total. The second-order valence-corrected chi connectivity index (χ2v) is 4.89. The zero-order chi connectivity index (χ0) is 15.7. The summed E-state index contributed by atoms with van der Waals surface area (Å²) in [7, 11) is 0.724. The van der Waals surface area contributed by atoms with E-state index >= 15 is 0 Å². The summed E-state index contributed by atoms with van der Waals surface area (Å²) < 4.78 is 62.9. The Kier molecular flexibility index (Phi) is 4.60. The number of carbonyl (C=O) groups excluding carboxylic acids is 1. The van der Waals surface area contributed by atoms with Crippen LogP contribution in [0.2, 0.25) is 0 Å². The molecule has 20 heavy (non-hydrogen) atoms. The van der Waals surface area contributed by atoms with E-state index in [-0.39, 0.29) is 17.7 Å². The molecule has 0 spiro atoms. The molecule has 1 rings (SSSR count). The Hall–Kier alpha value is -1.41. The van der Waals surface area contributed by atoms with Crippen LogP contribution in [0.1, 0.15) is 25.7 Å². The van der Waals surface area contributed by atoms with E-state index in [2.05, 4.69) is 0 Å². The number of amides is 1. The number of aliphatic carboxylic acids is 1. The highest BCUT2D eigenvalue weighted by atomic mass is 19.4. The van der Waals surface area contributed by atoms with Gasteiger partial charge in [0.1, 0.15) is 6.04 Å². The Balaban J connectivity index is 2.85. The first-order valence-electron chi connectivity index (χ1n) is 5.90. The molecule has 1 aliphatic rings. The summed E-state index contributed by atoms with van der Waals surface area (Å²) in [6.45, 7) is 0. The molecule has 0 saturated heterocycles. The van der Waals surface area contributed by atoms with Gasteiger partial charge >= 0.3 is 18.1 Å². The van der Waals surface area contributed by atoms with E-state index in [0.717, 1.165) is 7.05 Å². The van der Waals surface area contributed by atoms with Crippen LogP contribution in [-0.2, 0) is 9.59 Å². The second-order valence-electron chi connectivity index (χ2n) is 4.89. The van der Waals surface area contributed by atoms with Crippen molar-refractivity contribution in [3.8, 4) is 0 Å². The molecule has 0 aromatic heterocycles. The number of alkyl halides is 5. The number of carboxylic acid groups (broad SMARTS) is 1. The van der Waals surface area contributed by atoms with Gasteiger partial charge in [0, 0.05) is 19.9 Å². The maximum Gasteiger partial charge on any atom is 0.471 e. The van der Waals surface area contributed by atoms with Gasteiger partial charge in [0.15, 0.2) is 0 Å². The molecule has 1 aliphatic carbocycles. The number of halogens is 5. The van der Waals surface area contributed by atoms with Crippen molar-refractivity contribution in [1.82, 2.24) is 4.90 Å². The third-order valence-corrected chi connectivity index (χ3v) is 3.44. The van der Waals surface area contributed by atoms with Crippen LogP contribution in [0.3, 0.4) is 0 Å². The fourth-order valence-electron chi connectivity index (χ4n) is 2.39. The predicted molar refractivity (Wildman–Crippen MR) is 57.2 cm³/mol. The van der Waals surface area contributed by atoms with Gasteiger partial charge in [0.2, 0.25) is 5.92 Å². The van der Waals surface area contributed by atoms with Crippen LogP contribution >= 0.6 is 0 Å². The normalized spacial score (nSPS) is 21.3. The Bertz CT molecular complexity index is 386. The fourth-order valence-corrected chi connectivity index (χ4v) is 2.39. The van der Waals surface area contributed by atoms with Gasteiger partial charge in [-0.3, -0.25) is 4.79 Å². The van der Waals surface area contributed by atoms with E-state index in [4.69, 9.17) is 5.11 Å². The van der Waals surface area contributed by atoms with Crippen LogP contribution in [-0.4, -0.2) is 47.1 Å². The summed E-state index contributed by atoms with van der Waals surface area (Å²) in [4.78, 5) is 22.2. The first-order valence-corrected chi connectivity index (χ1v) is 5.90. The number of carbonyl (C=O) groups is 2. The van der Waals surface area contributed by atoms with E-state index in [9.17, 15) is 31.5 Å². The number of carboxylic acids is 1. The van der Waals surface area contributed by atoms with Crippen molar-refractivity contribution in [2.45, 2.75) is 43.8 Å². The molecule has 116 valence electrons. The molecule has 0 aliphatic heterocycles. The van der Waals surface area contributed by atoms with E-state index in [0.29, 0.717) is 0 Å². The van der Waals surface area contributed by atoms with Gasteiger partial charge in [-0.25, -0.2) is 13.6 Å². The summed E-state index contributed by atoms with van der Waals surface area (Å²) in [6.07, 6.45) is -6.84. The molecule has 0 aromatic carbocycles. The molecule has 1 saturated carbocycles. The smallest absolute Gasteiger partial charge is 0.471 e. The average Bonchev–Trinajstić information content (AvgIpc) is 2.28. The summed E-state index contributed by atoms with van der Waals surface area (Å²) in [5.74, 6) is -7.75. The number of hydrogen-bond donors (Lipinski definition) is 1. The van der Waals surface area contributed by atoms with Gasteiger partial charge in [-0.1, -0.05) is 0 Å². The lowest BCUT2D eigenvalue weighted by Crippen LogP contribution is -2.52. The van der Waals surface area contributed by atoms with Gasteiger partial charge < -0.3 is 10.0 Å². The maximum absolute atomic E-state index is 13.0. The summed E-state index contributed by atoms with van der Waals surface area (Å²) in [5.41, 5.74) is 0. The number of hydrogen-bond acceptors (Lipinski definition) is 2. The van der Waals surface area contributed by atoms with Gasteiger partial charge in [0.25, 0.3) is 0 Å². The zero-order valence-corrected chi connectivity index (χ0v) is 10.6. The molecule has 0 aromatic rings. The molecule has 9 heteroatoms. The SMILES string of the molecule is CN(C(=O)C(F)(F)F)C(C(=O)O)C1CCC(F)(F)CC1. The topological polar surface area (TPSA) is 57.6 Å². The van der Waals surface area contributed by atoms with Gasteiger partial charge in [0.05, 0.1) is 0 Å². The molecule has 0 radical (unpaired) electrons. The third-order valence-electron chi connectivity index (χ3n) is 3.44. The van der Waals surface area contributed by atoms with Crippen molar-refractivity contribution in [3.05, 3.63) is 0 Å². The van der Waals surface area contributed by atoms with Crippen molar-refractivity contribution >= 4 is 11.9 Å². The highest BCUT2D eigenvalue weighted by Crippen LogP contribution is 2.38. The van der Waals surface area contributed by atoms with Crippen LogP contribution in [0, 0.1) is 5.92 Å². The fraction of sp³-hybridized carbons (Fsp3) is 0.818. The molecular weight excluding hydrogens is 289 g/mol. The van der Waals surface area contributed by atoms with Gasteiger partial charge in [-0.15, -0.1) is 0 Å². The average molecular weight is 303 g/mol. The predicted octanol–water partition coefficient (Wildman–Crippen LogP) is 2.29. The van der Waals surface area contributed by atoms with Crippen LogP contribution in [0.4, 0.5) is 22.0 Å². The van der Waals surface area contributed by atoms with Crippen LogP contribution in [0.5, 0.6) is 0 Å². The Labute approximate surface area is 111 Å². The van der Waals surface area contributed by atoms with Crippen LogP contribution in [0.25, 0.3) is 0 Å². The van der Waals surface area contributed by atoms with Crippen molar-refractivity contribution in [3.63, 3.8) is 0 Å². The lowest BCUT2D eigenvalue weighted by atomic mass is 9.81. The Morgan fingerprint density at radius 1 is 1.25 bits per heavy atom. The van der Waals surface area contributed by atoms with Crippen molar-refractivity contribution in [2.24, 2.45) is 5.92 Å². The van der Waals surface area contributed by atoms with E-state index in [1.165, 1.54) is 0 Å². The van der Waals surface area contributed by atoms with Gasteiger partial charge in [-0.05, 0) is 18.8 Å². The van der Waals surface area contributed by atoms with E-state index < -0.39 is 48.8 Å². The largest absolute Gasteiger partial charge is 0.480 e.